The number of carbonyl (C=O) groups excluding carboxylic acids is 1. The SMILES string of the molecule is C#CC(=O)OS(=O)O. The van der Waals surface area contributed by atoms with Crippen LogP contribution in [0.15, 0.2) is 0 Å². The molecule has 1 unspecified atom stereocenters. The van der Waals surface area contributed by atoms with Crippen molar-refractivity contribution in [2.45, 2.75) is 0 Å². The third-order valence-electron chi connectivity index (χ3n) is 0.265. The number of carbonyl (C=O) groups is 1. The van der Waals surface area contributed by atoms with Gasteiger partial charge in [0.2, 0.25) is 0 Å². The van der Waals surface area contributed by atoms with Gasteiger partial charge in [0.1, 0.15) is 0 Å². The third-order valence-corrected chi connectivity index (χ3v) is 0.559. The molecule has 0 spiro atoms. The lowest BCUT2D eigenvalue weighted by molar-refractivity contribution is -0.127. The highest BCUT2D eigenvalue weighted by molar-refractivity contribution is 7.74. The van der Waals surface area contributed by atoms with E-state index in [1.165, 1.54) is 5.92 Å². The van der Waals surface area contributed by atoms with Gasteiger partial charge in [-0.25, -0.2) is 4.79 Å². The normalized spacial score (nSPS) is 11.5. The zero-order chi connectivity index (χ0) is 6.57. The van der Waals surface area contributed by atoms with Crippen LogP contribution in [0, 0.1) is 12.3 Å². The van der Waals surface area contributed by atoms with Crippen molar-refractivity contribution in [1.82, 2.24) is 0 Å². The van der Waals surface area contributed by atoms with Crippen LogP contribution in [0.25, 0.3) is 0 Å². The predicted octanol–water partition coefficient (Wildman–Crippen LogP) is -0.701. The van der Waals surface area contributed by atoms with E-state index in [1.807, 2.05) is 0 Å². The molecule has 1 atom stereocenters. The second kappa shape index (κ2) is 3.18. The molecule has 0 rings (SSSR count). The molecule has 0 saturated carbocycles. The van der Waals surface area contributed by atoms with Gasteiger partial charge in [0.25, 0.3) is 0 Å². The number of terminal acetylenes is 1. The molecule has 1 N–H and O–H groups in total. The van der Waals surface area contributed by atoms with Crippen LogP contribution in [-0.4, -0.2) is 14.7 Å². The maximum atomic E-state index is 9.81. The Morgan fingerprint density at radius 2 is 2.38 bits per heavy atom. The molecule has 0 aromatic rings. The summed E-state index contributed by atoms with van der Waals surface area (Å²) in [6.07, 6.45) is 4.45. The first-order chi connectivity index (χ1) is 3.66. The molecule has 44 valence electrons. The van der Waals surface area contributed by atoms with Crippen molar-refractivity contribution in [3.63, 3.8) is 0 Å². The van der Waals surface area contributed by atoms with Crippen LogP contribution in [0.1, 0.15) is 0 Å². The van der Waals surface area contributed by atoms with E-state index in [2.05, 4.69) is 10.6 Å². The average Bonchev–Trinajstić information content (AvgIpc) is 1.65. The predicted molar refractivity (Wildman–Crippen MR) is 25.7 cm³/mol. The molecule has 0 aliphatic heterocycles. The Kier molecular flexibility index (Phi) is 2.84. The molecule has 5 heteroatoms. The van der Waals surface area contributed by atoms with Crippen molar-refractivity contribution in [3.05, 3.63) is 0 Å². The maximum Gasteiger partial charge on any atom is 0.399 e. The summed E-state index contributed by atoms with van der Waals surface area (Å²) < 4.78 is 20.9. The standard InChI is InChI=1S/C3H2O4S/c1-2-3(4)7-8(5)6/h1H,(H,5,6). The van der Waals surface area contributed by atoms with E-state index in [9.17, 15) is 9.00 Å². The molecule has 0 aliphatic rings. The van der Waals surface area contributed by atoms with Gasteiger partial charge in [-0.2, -0.15) is 4.21 Å². The minimum Gasteiger partial charge on any atom is -0.333 e. The third kappa shape index (κ3) is 3.33. The number of rotatable bonds is 1. The van der Waals surface area contributed by atoms with E-state index in [0.717, 1.165) is 0 Å². The van der Waals surface area contributed by atoms with Crippen molar-refractivity contribution < 1.29 is 17.7 Å². The Bertz CT molecular complexity index is 155. The first-order valence-electron chi connectivity index (χ1n) is 1.46. The fraction of sp³-hybridized carbons (Fsp3) is 0. The molecule has 0 saturated heterocycles. The minimum atomic E-state index is -2.59. The lowest BCUT2D eigenvalue weighted by Crippen LogP contribution is -2.02. The van der Waals surface area contributed by atoms with E-state index in [1.54, 1.807) is 0 Å². The van der Waals surface area contributed by atoms with Gasteiger partial charge in [0, 0.05) is 5.92 Å². The van der Waals surface area contributed by atoms with Crippen LogP contribution in [0.5, 0.6) is 0 Å². The molecule has 4 nitrogen and oxygen atoms in total. The molecule has 0 aromatic carbocycles. The van der Waals surface area contributed by atoms with Gasteiger partial charge >= 0.3 is 17.3 Å². The monoisotopic (exact) mass is 134 g/mol. The van der Waals surface area contributed by atoms with Gasteiger partial charge in [-0.05, 0) is 0 Å². The lowest BCUT2D eigenvalue weighted by Gasteiger charge is -1.85. The maximum absolute atomic E-state index is 9.81. The van der Waals surface area contributed by atoms with Crippen LogP contribution in [0.3, 0.4) is 0 Å². The van der Waals surface area contributed by atoms with E-state index >= 15 is 0 Å². The summed E-state index contributed by atoms with van der Waals surface area (Å²) in [7, 11) is 0. The Morgan fingerprint density at radius 1 is 1.88 bits per heavy atom. The summed E-state index contributed by atoms with van der Waals surface area (Å²) in [5, 5.41) is 0. The Hall–Kier alpha value is -0.860. The molecular formula is C3H2O4S. The topological polar surface area (TPSA) is 63.6 Å². The molecule has 0 fully saturated rings. The molecule has 8 heavy (non-hydrogen) atoms. The summed E-state index contributed by atoms with van der Waals surface area (Å²) in [5.74, 6) is 0.335. The van der Waals surface area contributed by atoms with Crippen LogP contribution in [-0.2, 0) is 20.3 Å². The number of hydrogen-bond donors (Lipinski definition) is 1. The Morgan fingerprint density at radius 3 is 2.50 bits per heavy atom. The van der Waals surface area contributed by atoms with E-state index in [-0.39, 0.29) is 0 Å². The molecule has 0 aliphatic carbocycles. The quantitative estimate of drug-likeness (QED) is 0.380. The van der Waals surface area contributed by atoms with Crippen LogP contribution in [0.2, 0.25) is 0 Å². The summed E-state index contributed by atoms with van der Waals surface area (Å²) in [6, 6.07) is 0. The zero-order valence-electron chi connectivity index (χ0n) is 3.66. The summed E-state index contributed by atoms with van der Waals surface area (Å²) >= 11 is -2.59. The number of hydrogen-bond acceptors (Lipinski definition) is 3. The van der Waals surface area contributed by atoms with Crippen molar-refractivity contribution in [3.8, 4) is 12.3 Å². The molecule has 0 aromatic heterocycles. The Labute approximate surface area is 48.3 Å². The first-order valence-corrected chi connectivity index (χ1v) is 2.49. The van der Waals surface area contributed by atoms with Crippen LogP contribution < -0.4 is 0 Å². The smallest absolute Gasteiger partial charge is 0.333 e. The fourth-order valence-corrected chi connectivity index (χ4v) is 0.266. The van der Waals surface area contributed by atoms with Crippen LogP contribution in [0.4, 0.5) is 0 Å². The van der Waals surface area contributed by atoms with E-state index in [4.69, 9.17) is 4.55 Å². The van der Waals surface area contributed by atoms with Crippen LogP contribution >= 0.6 is 0 Å². The lowest BCUT2D eigenvalue weighted by atomic mass is 10.7. The molecule has 0 heterocycles. The average molecular weight is 134 g/mol. The molecule has 0 radical (unpaired) electrons. The summed E-state index contributed by atoms with van der Waals surface area (Å²) in [5.41, 5.74) is 0. The first kappa shape index (κ1) is 7.14. The molecular weight excluding hydrogens is 132 g/mol. The van der Waals surface area contributed by atoms with Gasteiger partial charge < -0.3 is 4.18 Å². The molecule has 0 bridgehead atoms. The largest absolute Gasteiger partial charge is 0.399 e. The highest BCUT2D eigenvalue weighted by Crippen LogP contribution is 1.77. The van der Waals surface area contributed by atoms with Crippen molar-refractivity contribution in [1.29, 1.82) is 0 Å². The van der Waals surface area contributed by atoms with Gasteiger partial charge in [-0.3, -0.25) is 4.55 Å². The summed E-state index contributed by atoms with van der Waals surface area (Å²) in [4.78, 5) is 9.81. The second-order valence-electron chi connectivity index (χ2n) is 0.732. The fourth-order valence-electron chi connectivity index (χ4n) is 0.0888. The zero-order valence-corrected chi connectivity index (χ0v) is 4.47. The second-order valence-corrected chi connectivity index (χ2v) is 1.33. The van der Waals surface area contributed by atoms with E-state index < -0.39 is 17.3 Å². The van der Waals surface area contributed by atoms with Gasteiger partial charge in [0.15, 0.2) is 0 Å². The van der Waals surface area contributed by atoms with E-state index in [0.29, 0.717) is 0 Å². The Balaban J connectivity index is 3.61. The minimum absolute atomic E-state index is 1.15. The van der Waals surface area contributed by atoms with Gasteiger partial charge in [-0.1, -0.05) is 0 Å². The van der Waals surface area contributed by atoms with Crippen molar-refractivity contribution in [2.24, 2.45) is 0 Å². The van der Waals surface area contributed by atoms with Gasteiger partial charge in [0.05, 0.1) is 0 Å². The molecule has 0 amide bonds. The highest BCUT2D eigenvalue weighted by Gasteiger charge is 1.98. The van der Waals surface area contributed by atoms with Crippen molar-refractivity contribution in [2.75, 3.05) is 0 Å². The van der Waals surface area contributed by atoms with Crippen molar-refractivity contribution >= 4 is 17.3 Å². The highest BCUT2D eigenvalue weighted by atomic mass is 32.2. The summed E-state index contributed by atoms with van der Waals surface area (Å²) in [6.45, 7) is 0. The van der Waals surface area contributed by atoms with Gasteiger partial charge in [-0.15, -0.1) is 6.42 Å².